The molecule has 0 saturated heterocycles. The van der Waals surface area contributed by atoms with Gasteiger partial charge in [0.1, 0.15) is 0 Å². The standard InChI is InChI=1S/C22H23Cl2N5O2S/c1-12-5-6-13(2)18(9-12)26-19(30)11-32-22-28-27-20(29(22)4)14(3)25-21(31)15-7-8-16(23)17(24)10-15/h5-10,14H,11H2,1-4H3,(H,25,31)(H,26,30)/t14-/m1/s1. The lowest BCUT2D eigenvalue weighted by Crippen LogP contribution is -2.28. The number of nitrogens with zero attached hydrogens (tertiary/aromatic N) is 3. The molecule has 1 aromatic heterocycles. The van der Waals surface area contributed by atoms with Crippen molar-refractivity contribution < 1.29 is 9.59 Å². The van der Waals surface area contributed by atoms with Gasteiger partial charge in [-0.2, -0.15) is 0 Å². The molecule has 0 aliphatic heterocycles. The lowest BCUT2D eigenvalue weighted by molar-refractivity contribution is -0.113. The summed E-state index contributed by atoms with van der Waals surface area (Å²) in [5, 5.41) is 15.4. The molecule has 0 bridgehead atoms. The van der Waals surface area contributed by atoms with Crippen LogP contribution in [0.25, 0.3) is 0 Å². The minimum Gasteiger partial charge on any atom is -0.342 e. The number of aromatic nitrogens is 3. The number of benzene rings is 2. The minimum atomic E-state index is -0.410. The maximum Gasteiger partial charge on any atom is 0.251 e. The fourth-order valence-corrected chi connectivity index (χ4v) is 4.01. The lowest BCUT2D eigenvalue weighted by Gasteiger charge is -2.14. The number of halogens is 2. The Morgan fingerprint density at radius 2 is 1.84 bits per heavy atom. The molecule has 0 spiro atoms. The summed E-state index contributed by atoms with van der Waals surface area (Å²) in [7, 11) is 1.79. The molecule has 0 saturated carbocycles. The molecule has 2 amide bonds. The Morgan fingerprint density at radius 1 is 1.09 bits per heavy atom. The zero-order valence-corrected chi connectivity index (χ0v) is 20.4. The van der Waals surface area contributed by atoms with E-state index in [2.05, 4.69) is 20.8 Å². The van der Waals surface area contributed by atoms with Crippen LogP contribution < -0.4 is 10.6 Å². The van der Waals surface area contributed by atoms with Gasteiger partial charge in [0, 0.05) is 18.3 Å². The molecule has 168 valence electrons. The van der Waals surface area contributed by atoms with Crippen molar-refractivity contribution in [3.63, 3.8) is 0 Å². The number of carbonyl (C=O) groups is 2. The fraction of sp³-hybridized carbons (Fsp3) is 0.273. The summed E-state index contributed by atoms with van der Waals surface area (Å²) in [5.74, 6) is 0.315. The van der Waals surface area contributed by atoms with Gasteiger partial charge >= 0.3 is 0 Å². The number of thioether (sulfide) groups is 1. The SMILES string of the molecule is Cc1ccc(C)c(NC(=O)CSc2nnc([C@@H](C)NC(=O)c3ccc(Cl)c(Cl)c3)n2C)c1. The Labute approximate surface area is 200 Å². The average molecular weight is 492 g/mol. The van der Waals surface area contributed by atoms with Crippen LogP contribution in [0.3, 0.4) is 0 Å². The first-order valence-electron chi connectivity index (χ1n) is 9.80. The van der Waals surface area contributed by atoms with E-state index in [1.807, 2.05) is 32.0 Å². The third-order valence-electron chi connectivity index (χ3n) is 4.78. The number of carbonyl (C=O) groups excluding carboxylic acids is 2. The molecular weight excluding hydrogens is 469 g/mol. The maximum absolute atomic E-state index is 12.5. The molecule has 2 N–H and O–H groups in total. The second-order valence-electron chi connectivity index (χ2n) is 7.38. The van der Waals surface area contributed by atoms with Gasteiger partial charge in [-0.05, 0) is 56.2 Å². The zero-order valence-electron chi connectivity index (χ0n) is 18.1. The summed E-state index contributed by atoms with van der Waals surface area (Å²) < 4.78 is 1.76. The van der Waals surface area contributed by atoms with Crippen LogP contribution in [0, 0.1) is 13.8 Å². The monoisotopic (exact) mass is 491 g/mol. The molecule has 0 aliphatic carbocycles. The first-order chi connectivity index (χ1) is 15.2. The molecule has 2 aromatic carbocycles. The molecular formula is C22H23Cl2N5O2S. The van der Waals surface area contributed by atoms with Gasteiger partial charge in [0.05, 0.1) is 21.8 Å². The highest BCUT2D eigenvalue weighted by atomic mass is 35.5. The number of rotatable bonds is 7. The van der Waals surface area contributed by atoms with Gasteiger partial charge in [-0.3, -0.25) is 9.59 Å². The van der Waals surface area contributed by atoms with Crippen LogP contribution in [-0.2, 0) is 11.8 Å². The van der Waals surface area contributed by atoms with E-state index in [1.54, 1.807) is 30.7 Å². The summed E-state index contributed by atoms with van der Waals surface area (Å²) in [6.07, 6.45) is 0. The van der Waals surface area contributed by atoms with Crippen LogP contribution >= 0.6 is 35.0 Å². The first-order valence-corrected chi connectivity index (χ1v) is 11.5. The van der Waals surface area contributed by atoms with E-state index < -0.39 is 6.04 Å². The third-order valence-corrected chi connectivity index (χ3v) is 6.54. The van der Waals surface area contributed by atoms with E-state index in [1.165, 1.54) is 17.8 Å². The second-order valence-corrected chi connectivity index (χ2v) is 9.14. The molecule has 10 heteroatoms. The molecule has 0 radical (unpaired) electrons. The van der Waals surface area contributed by atoms with Crippen LogP contribution in [0.15, 0.2) is 41.6 Å². The minimum absolute atomic E-state index is 0.130. The van der Waals surface area contributed by atoms with E-state index in [0.717, 1.165) is 16.8 Å². The van der Waals surface area contributed by atoms with Crippen molar-refractivity contribution in [3.8, 4) is 0 Å². The van der Waals surface area contributed by atoms with E-state index >= 15 is 0 Å². The van der Waals surface area contributed by atoms with Crippen molar-refractivity contribution in [2.24, 2.45) is 7.05 Å². The molecule has 0 unspecified atom stereocenters. The van der Waals surface area contributed by atoms with Crippen LogP contribution in [0.5, 0.6) is 0 Å². The smallest absolute Gasteiger partial charge is 0.251 e. The van der Waals surface area contributed by atoms with Gasteiger partial charge in [0.15, 0.2) is 11.0 Å². The third kappa shape index (κ3) is 5.82. The first kappa shape index (κ1) is 24.1. The molecule has 1 heterocycles. The Bertz CT molecular complexity index is 1170. The molecule has 1 atom stereocenters. The number of anilines is 1. The van der Waals surface area contributed by atoms with Crippen molar-refractivity contribution in [1.29, 1.82) is 0 Å². The van der Waals surface area contributed by atoms with Crippen LogP contribution in [-0.4, -0.2) is 32.3 Å². The lowest BCUT2D eigenvalue weighted by atomic mass is 10.1. The molecule has 32 heavy (non-hydrogen) atoms. The number of aryl methyl sites for hydroxylation is 2. The van der Waals surface area contributed by atoms with Gasteiger partial charge in [-0.15, -0.1) is 10.2 Å². The molecule has 7 nitrogen and oxygen atoms in total. The molecule has 3 rings (SSSR count). The second kappa shape index (κ2) is 10.4. The van der Waals surface area contributed by atoms with Gasteiger partial charge in [-0.25, -0.2) is 0 Å². The van der Waals surface area contributed by atoms with Crippen LogP contribution in [0.2, 0.25) is 10.0 Å². The Hall–Kier alpha value is -2.55. The van der Waals surface area contributed by atoms with Crippen molar-refractivity contribution in [3.05, 3.63) is 69.0 Å². The Balaban J connectivity index is 1.60. The van der Waals surface area contributed by atoms with E-state index in [9.17, 15) is 9.59 Å². The van der Waals surface area contributed by atoms with Gasteiger partial charge in [-0.1, -0.05) is 47.1 Å². The Kier molecular flexibility index (Phi) is 7.82. The summed E-state index contributed by atoms with van der Waals surface area (Å²) >= 11 is 13.2. The van der Waals surface area contributed by atoms with E-state index in [4.69, 9.17) is 23.2 Å². The number of nitrogens with one attached hydrogen (secondary N) is 2. The number of hydrogen-bond acceptors (Lipinski definition) is 5. The van der Waals surface area contributed by atoms with Crippen molar-refractivity contribution in [1.82, 2.24) is 20.1 Å². The van der Waals surface area contributed by atoms with Crippen molar-refractivity contribution in [2.45, 2.75) is 32.0 Å². The van der Waals surface area contributed by atoms with E-state index in [0.29, 0.717) is 26.6 Å². The highest BCUT2D eigenvalue weighted by Crippen LogP contribution is 2.24. The predicted molar refractivity (Wildman–Crippen MR) is 129 cm³/mol. The highest BCUT2D eigenvalue weighted by molar-refractivity contribution is 7.99. The summed E-state index contributed by atoms with van der Waals surface area (Å²) in [6.45, 7) is 5.73. The van der Waals surface area contributed by atoms with Crippen molar-refractivity contribution >= 4 is 52.5 Å². The van der Waals surface area contributed by atoms with Gasteiger partial charge < -0.3 is 15.2 Å². The molecule has 3 aromatic rings. The zero-order chi connectivity index (χ0) is 23.4. The summed E-state index contributed by atoms with van der Waals surface area (Å²) in [5.41, 5.74) is 3.27. The van der Waals surface area contributed by atoms with Crippen LogP contribution in [0.1, 0.15) is 40.3 Å². The van der Waals surface area contributed by atoms with Crippen molar-refractivity contribution in [2.75, 3.05) is 11.1 Å². The predicted octanol–water partition coefficient (Wildman–Crippen LogP) is 4.96. The normalized spacial score (nSPS) is 11.8. The number of hydrogen-bond donors (Lipinski definition) is 2. The van der Waals surface area contributed by atoms with Gasteiger partial charge in [0.2, 0.25) is 5.91 Å². The summed E-state index contributed by atoms with van der Waals surface area (Å²) in [4.78, 5) is 24.9. The van der Waals surface area contributed by atoms with E-state index in [-0.39, 0.29) is 17.6 Å². The quantitative estimate of drug-likeness (QED) is 0.455. The molecule has 0 aliphatic rings. The Morgan fingerprint density at radius 3 is 2.56 bits per heavy atom. The largest absolute Gasteiger partial charge is 0.342 e. The topological polar surface area (TPSA) is 88.9 Å². The average Bonchev–Trinajstić information content (AvgIpc) is 3.11. The molecule has 0 fully saturated rings. The fourth-order valence-electron chi connectivity index (χ4n) is 3.00. The highest BCUT2D eigenvalue weighted by Gasteiger charge is 2.19. The summed E-state index contributed by atoms with van der Waals surface area (Å²) in [6, 6.07) is 10.2. The maximum atomic E-state index is 12.5. The number of amides is 2. The van der Waals surface area contributed by atoms with Gasteiger partial charge in [0.25, 0.3) is 5.91 Å². The van der Waals surface area contributed by atoms with Crippen LogP contribution in [0.4, 0.5) is 5.69 Å².